The summed E-state index contributed by atoms with van der Waals surface area (Å²) in [6.45, 7) is 0. The highest BCUT2D eigenvalue weighted by Gasteiger charge is 2.25. The van der Waals surface area contributed by atoms with Crippen LogP contribution in [0.3, 0.4) is 0 Å². The SMILES string of the molecule is c1ccc(-n2c3ccccc3c3cc(-c4ccc(C(CCc5ccc6c7c8ccc9c(c8ccc7n(-c7ccccc7)c6c5)c5ccc(N(c6ccc(-c7ccc8c(c7)c7ccccc7n8-c7ccccc7)cc6)c6ccc7ccccc7c6)cc5n9-c5ccccc5)c5ccc6ccccc6c5)cc4)ccc32)cc1. The first-order valence-corrected chi connectivity index (χ1v) is 38.3. The van der Waals surface area contributed by atoms with Gasteiger partial charge in [0.05, 0.1) is 44.1 Å². The van der Waals surface area contributed by atoms with Crippen molar-refractivity contribution in [3.63, 3.8) is 0 Å². The van der Waals surface area contributed by atoms with Crippen LogP contribution in [0.4, 0.5) is 17.1 Å². The van der Waals surface area contributed by atoms with E-state index in [1.54, 1.807) is 0 Å². The second kappa shape index (κ2) is 25.8. The van der Waals surface area contributed by atoms with Crippen LogP contribution in [0, 0.1) is 0 Å². The van der Waals surface area contributed by atoms with Crippen LogP contribution in [0.15, 0.2) is 400 Å². The molecule has 1 atom stereocenters. The molecular formula is C105H71N5. The van der Waals surface area contributed by atoms with Crippen molar-refractivity contribution in [1.29, 1.82) is 0 Å². The minimum Gasteiger partial charge on any atom is -0.310 e. The Labute approximate surface area is 636 Å². The minimum absolute atomic E-state index is 0.152. The number of aromatic nitrogens is 4. The molecule has 5 heteroatoms. The largest absolute Gasteiger partial charge is 0.310 e. The van der Waals surface area contributed by atoms with Crippen molar-refractivity contribution < 1.29 is 0 Å². The van der Waals surface area contributed by atoms with Crippen LogP contribution in [0.25, 0.3) is 165 Å². The molecule has 0 aliphatic rings. The van der Waals surface area contributed by atoms with E-state index in [4.69, 9.17) is 0 Å². The van der Waals surface area contributed by atoms with Gasteiger partial charge in [0.2, 0.25) is 0 Å². The molecule has 0 fully saturated rings. The first-order valence-electron chi connectivity index (χ1n) is 38.3. The highest BCUT2D eigenvalue weighted by molar-refractivity contribution is 6.30. The summed E-state index contributed by atoms with van der Waals surface area (Å²) in [6, 6.07) is 149. The van der Waals surface area contributed by atoms with Gasteiger partial charge < -0.3 is 23.2 Å². The third-order valence-corrected chi connectivity index (χ3v) is 23.4. The summed E-state index contributed by atoms with van der Waals surface area (Å²) in [4.78, 5) is 2.43. The number of para-hydroxylation sites is 6. The zero-order valence-corrected chi connectivity index (χ0v) is 60.3. The molecule has 4 heterocycles. The first kappa shape index (κ1) is 63.1. The Balaban J connectivity index is 0.646. The highest BCUT2D eigenvalue weighted by atomic mass is 15.1. The van der Waals surface area contributed by atoms with Crippen LogP contribution >= 0.6 is 0 Å². The van der Waals surface area contributed by atoms with Gasteiger partial charge in [0, 0.05) is 88.8 Å². The van der Waals surface area contributed by atoms with Crippen LogP contribution in [-0.2, 0) is 6.42 Å². The van der Waals surface area contributed by atoms with Crippen LogP contribution in [0.1, 0.15) is 29.0 Å². The van der Waals surface area contributed by atoms with Gasteiger partial charge in [-0.3, -0.25) is 0 Å². The Morgan fingerprint density at radius 1 is 0.209 bits per heavy atom. The van der Waals surface area contributed by atoms with Gasteiger partial charge in [-0.2, -0.15) is 0 Å². The van der Waals surface area contributed by atoms with E-state index in [1.807, 2.05) is 0 Å². The number of hydrogen-bond acceptors (Lipinski definition) is 1. The molecule has 0 aliphatic carbocycles. The van der Waals surface area contributed by atoms with E-state index >= 15 is 0 Å². The quantitative estimate of drug-likeness (QED) is 0.106. The normalized spacial score (nSPS) is 12.2. The van der Waals surface area contributed by atoms with Gasteiger partial charge in [0.25, 0.3) is 0 Å². The van der Waals surface area contributed by atoms with E-state index in [1.165, 1.54) is 148 Å². The number of nitrogens with zero attached hydrogens (tertiary/aromatic N) is 5. The van der Waals surface area contributed by atoms with Crippen molar-refractivity contribution in [3.8, 4) is 45.0 Å². The van der Waals surface area contributed by atoms with Gasteiger partial charge in [0.15, 0.2) is 0 Å². The summed E-state index contributed by atoms with van der Waals surface area (Å²) in [5.74, 6) is 0.152. The standard InChI is InChI=1S/C105H71N5/c1-5-25-80(26-6-1)107-96-35-19-17-33-88(96)94-66-77(48-59-98(94)107)72-39-42-74(43-40-72)87(79-44-41-70-21-13-15-23-75(70)64-79)54-37-69-38-55-92-102(63-69)109(82-29-9-3-10-30-82)100-61-57-91-90(104(92)100)58-62-101-105(91)93-56-53-86(68-103(93)110(101)83-31-11-4-12-32-83)106(85-52-47-71-22-14-16-24-76(71)65-85)84-50-45-73(46-51-84)78-49-60-99-95(67-78)89-34-18-20-36-97(89)108(99)81-27-7-2-8-28-81/h1-36,38-53,55-68,87H,37,54H2. The average Bonchev–Trinajstić information content (AvgIpc) is 1.55. The van der Waals surface area contributed by atoms with Gasteiger partial charge in [-0.15, -0.1) is 0 Å². The van der Waals surface area contributed by atoms with Crippen LogP contribution in [0.2, 0.25) is 0 Å². The monoisotopic (exact) mass is 1400 g/mol. The fraction of sp³-hybridized carbons (Fsp3) is 0.0286. The predicted octanol–water partition coefficient (Wildman–Crippen LogP) is 28.1. The second-order valence-electron chi connectivity index (χ2n) is 29.5. The summed E-state index contributed by atoms with van der Waals surface area (Å²) in [5, 5.41) is 17.3. The van der Waals surface area contributed by atoms with Crippen molar-refractivity contribution >= 4 is 137 Å². The molecule has 0 saturated heterocycles. The Bertz CT molecular complexity index is 7370. The predicted molar refractivity (Wildman–Crippen MR) is 465 cm³/mol. The van der Waals surface area contributed by atoms with E-state index in [2.05, 4.69) is 424 Å². The third-order valence-electron chi connectivity index (χ3n) is 23.4. The summed E-state index contributed by atoms with van der Waals surface area (Å²) >= 11 is 0. The lowest BCUT2D eigenvalue weighted by Gasteiger charge is -2.26. The first-order chi connectivity index (χ1) is 54.5. The molecule has 4 aromatic heterocycles. The molecule has 0 N–H and O–H groups in total. The summed E-state index contributed by atoms with van der Waals surface area (Å²) in [6.07, 6.45) is 1.82. The lowest BCUT2D eigenvalue weighted by Crippen LogP contribution is -2.10. The number of anilines is 3. The van der Waals surface area contributed by atoms with Crippen LogP contribution in [-0.4, -0.2) is 18.3 Å². The second-order valence-corrected chi connectivity index (χ2v) is 29.5. The van der Waals surface area contributed by atoms with Gasteiger partial charge >= 0.3 is 0 Å². The van der Waals surface area contributed by atoms with Gasteiger partial charge in [-0.05, 0) is 224 Å². The Kier molecular flexibility index (Phi) is 14.8. The molecule has 0 saturated carbocycles. The molecular weight excluding hydrogens is 1330 g/mol. The highest BCUT2D eigenvalue weighted by Crippen LogP contribution is 2.47. The molecule has 18 aromatic carbocycles. The zero-order valence-electron chi connectivity index (χ0n) is 60.3. The molecule has 22 rings (SSSR count). The van der Waals surface area contributed by atoms with E-state index in [0.717, 1.165) is 63.6 Å². The van der Waals surface area contributed by atoms with E-state index in [-0.39, 0.29) is 5.92 Å². The average molecular weight is 1400 g/mol. The molecule has 1 unspecified atom stereocenters. The van der Waals surface area contributed by atoms with Crippen molar-refractivity contribution in [2.24, 2.45) is 0 Å². The summed E-state index contributed by atoms with van der Waals surface area (Å²) in [5.41, 5.74) is 26.0. The molecule has 516 valence electrons. The fourth-order valence-electron chi connectivity index (χ4n) is 18.2. The van der Waals surface area contributed by atoms with Crippen molar-refractivity contribution in [1.82, 2.24) is 18.3 Å². The smallest absolute Gasteiger partial charge is 0.0562 e. The van der Waals surface area contributed by atoms with E-state index in [9.17, 15) is 0 Å². The molecule has 110 heavy (non-hydrogen) atoms. The maximum Gasteiger partial charge on any atom is 0.0562 e. The van der Waals surface area contributed by atoms with Gasteiger partial charge in [-0.25, -0.2) is 0 Å². The number of fused-ring (bicyclic) bond motifs is 17. The molecule has 0 bridgehead atoms. The zero-order chi connectivity index (χ0) is 72.3. The summed E-state index contributed by atoms with van der Waals surface area (Å²) in [7, 11) is 0. The fourth-order valence-corrected chi connectivity index (χ4v) is 18.2. The molecule has 22 aromatic rings. The van der Waals surface area contributed by atoms with Crippen molar-refractivity contribution in [2.45, 2.75) is 18.8 Å². The summed E-state index contributed by atoms with van der Waals surface area (Å²) < 4.78 is 9.76. The Morgan fingerprint density at radius 2 is 0.582 bits per heavy atom. The molecule has 5 nitrogen and oxygen atoms in total. The van der Waals surface area contributed by atoms with Gasteiger partial charge in [0.1, 0.15) is 0 Å². The van der Waals surface area contributed by atoms with Crippen molar-refractivity contribution in [3.05, 3.63) is 417 Å². The lowest BCUT2D eigenvalue weighted by molar-refractivity contribution is 0.716. The third kappa shape index (κ3) is 10.4. The van der Waals surface area contributed by atoms with Crippen LogP contribution < -0.4 is 4.90 Å². The molecule has 0 radical (unpaired) electrons. The Morgan fingerprint density at radius 3 is 1.12 bits per heavy atom. The number of hydrogen-bond donors (Lipinski definition) is 0. The Hall–Kier alpha value is -14.3. The molecule has 0 aliphatic heterocycles. The molecule has 0 spiro atoms. The topological polar surface area (TPSA) is 23.0 Å². The van der Waals surface area contributed by atoms with Crippen LogP contribution in [0.5, 0.6) is 0 Å². The number of rotatable bonds is 14. The number of aryl methyl sites for hydroxylation is 1. The van der Waals surface area contributed by atoms with Crippen molar-refractivity contribution in [2.75, 3.05) is 4.90 Å². The maximum absolute atomic E-state index is 2.51. The van der Waals surface area contributed by atoms with E-state index in [0.29, 0.717) is 0 Å². The number of benzene rings is 18. The minimum atomic E-state index is 0.152. The lowest BCUT2D eigenvalue weighted by atomic mass is 9.84. The van der Waals surface area contributed by atoms with E-state index < -0.39 is 0 Å². The maximum atomic E-state index is 2.51. The molecule has 0 amide bonds. The van der Waals surface area contributed by atoms with Gasteiger partial charge in [-0.1, -0.05) is 261 Å².